The van der Waals surface area contributed by atoms with Gasteiger partial charge in [-0.05, 0) is 47.5 Å². The molecule has 0 aliphatic carbocycles. The molecular weight excluding hydrogens is 411 g/mol. The number of rotatable bonds is 6. The monoisotopic (exact) mass is 430 g/mol. The zero-order chi connectivity index (χ0) is 20.6. The van der Waals surface area contributed by atoms with Crippen molar-refractivity contribution in [2.45, 2.75) is 13.1 Å². The van der Waals surface area contributed by atoms with Crippen molar-refractivity contribution in [3.05, 3.63) is 87.8 Å². The Morgan fingerprint density at radius 1 is 1.03 bits per heavy atom. The van der Waals surface area contributed by atoms with Crippen LogP contribution in [-0.4, -0.2) is 18.9 Å². The molecular formula is C21H20Cl2N4O2. The molecule has 0 radical (unpaired) electrons. The zero-order valence-corrected chi connectivity index (χ0v) is 17.2. The quantitative estimate of drug-likeness (QED) is 0.391. The first-order valence-electron chi connectivity index (χ1n) is 8.87. The molecule has 0 atom stereocenters. The second-order valence-corrected chi connectivity index (χ2v) is 6.99. The number of anilines is 1. The van der Waals surface area contributed by atoms with E-state index in [0.29, 0.717) is 34.8 Å². The van der Waals surface area contributed by atoms with Gasteiger partial charge in [0.15, 0.2) is 11.7 Å². The van der Waals surface area contributed by atoms with Crippen LogP contribution in [0.15, 0.2) is 70.3 Å². The molecule has 29 heavy (non-hydrogen) atoms. The van der Waals surface area contributed by atoms with E-state index in [-0.39, 0.29) is 11.7 Å². The van der Waals surface area contributed by atoms with E-state index in [2.05, 4.69) is 20.9 Å². The molecule has 3 rings (SSSR count). The van der Waals surface area contributed by atoms with Gasteiger partial charge in [-0.2, -0.15) is 0 Å². The van der Waals surface area contributed by atoms with E-state index in [4.69, 9.17) is 27.6 Å². The summed E-state index contributed by atoms with van der Waals surface area (Å²) in [7, 11) is 1.69. The highest BCUT2D eigenvalue weighted by atomic mass is 35.5. The van der Waals surface area contributed by atoms with Gasteiger partial charge < -0.3 is 20.4 Å². The summed E-state index contributed by atoms with van der Waals surface area (Å²) in [5.41, 5.74) is 2.58. The number of aliphatic imine (C=N–C) groups is 1. The number of nitrogens with one attached hydrogen (secondary N) is 3. The third-order valence-corrected chi connectivity index (χ3v) is 4.66. The van der Waals surface area contributed by atoms with E-state index < -0.39 is 0 Å². The van der Waals surface area contributed by atoms with Gasteiger partial charge in [0.1, 0.15) is 0 Å². The van der Waals surface area contributed by atoms with Crippen molar-refractivity contribution in [2.24, 2.45) is 4.99 Å². The highest BCUT2D eigenvalue weighted by molar-refractivity contribution is 6.35. The Hall–Kier alpha value is -2.96. The molecule has 0 saturated carbocycles. The van der Waals surface area contributed by atoms with Crippen LogP contribution in [0, 0.1) is 0 Å². The van der Waals surface area contributed by atoms with Gasteiger partial charge in [0.05, 0.1) is 6.26 Å². The molecule has 0 saturated heterocycles. The fourth-order valence-electron chi connectivity index (χ4n) is 2.61. The highest BCUT2D eigenvalue weighted by Gasteiger charge is 2.09. The molecule has 2 aromatic carbocycles. The molecule has 8 heteroatoms. The molecule has 1 heterocycles. The summed E-state index contributed by atoms with van der Waals surface area (Å²) in [6.07, 6.45) is 1.46. The average molecular weight is 431 g/mol. The number of guanidine groups is 1. The maximum Gasteiger partial charge on any atom is 0.291 e. The lowest BCUT2D eigenvalue weighted by atomic mass is 10.2. The fourth-order valence-corrected chi connectivity index (χ4v) is 3.09. The topological polar surface area (TPSA) is 78.7 Å². The van der Waals surface area contributed by atoms with Crippen LogP contribution in [0.25, 0.3) is 0 Å². The lowest BCUT2D eigenvalue weighted by Gasteiger charge is -2.13. The second kappa shape index (κ2) is 10.0. The summed E-state index contributed by atoms with van der Waals surface area (Å²) in [4.78, 5) is 16.3. The van der Waals surface area contributed by atoms with Crippen LogP contribution in [0.3, 0.4) is 0 Å². The van der Waals surface area contributed by atoms with Gasteiger partial charge in [-0.25, -0.2) is 0 Å². The number of furan rings is 1. The molecule has 0 bridgehead atoms. The Bertz CT molecular complexity index is 1000. The van der Waals surface area contributed by atoms with E-state index in [9.17, 15) is 4.79 Å². The van der Waals surface area contributed by atoms with Gasteiger partial charge in [0, 0.05) is 35.9 Å². The van der Waals surface area contributed by atoms with Gasteiger partial charge in [0.2, 0.25) is 0 Å². The smallest absolute Gasteiger partial charge is 0.291 e. The Morgan fingerprint density at radius 2 is 1.86 bits per heavy atom. The maximum atomic E-state index is 12.1. The minimum absolute atomic E-state index is 0.263. The number of nitrogens with zero attached hydrogens (tertiary/aromatic N) is 1. The third-order valence-electron chi connectivity index (χ3n) is 4.07. The van der Waals surface area contributed by atoms with E-state index in [1.807, 2.05) is 30.3 Å². The number of carbonyl (C=O) groups excluding carboxylic acids is 1. The lowest BCUT2D eigenvalue weighted by molar-refractivity contribution is 0.0996. The van der Waals surface area contributed by atoms with Crippen molar-refractivity contribution < 1.29 is 9.21 Å². The molecule has 3 N–H and O–H groups in total. The number of hydrogen-bond donors (Lipinski definition) is 3. The molecule has 0 aliphatic rings. The van der Waals surface area contributed by atoms with Crippen molar-refractivity contribution in [3.63, 3.8) is 0 Å². The van der Waals surface area contributed by atoms with Crippen LogP contribution in [0.4, 0.5) is 5.69 Å². The first-order chi connectivity index (χ1) is 14.0. The molecule has 0 fully saturated rings. The van der Waals surface area contributed by atoms with Gasteiger partial charge >= 0.3 is 0 Å². The van der Waals surface area contributed by atoms with Crippen molar-refractivity contribution in [2.75, 3.05) is 12.4 Å². The second-order valence-electron chi connectivity index (χ2n) is 6.15. The number of carbonyl (C=O) groups is 1. The number of amides is 1. The predicted octanol–water partition coefficient (Wildman–Crippen LogP) is 4.70. The molecule has 1 aromatic heterocycles. The van der Waals surface area contributed by atoms with Gasteiger partial charge in [-0.1, -0.05) is 41.4 Å². The predicted molar refractivity (Wildman–Crippen MR) is 117 cm³/mol. The van der Waals surface area contributed by atoms with Crippen LogP contribution in [0.2, 0.25) is 10.0 Å². The van der Waals surface area contributed by atoms with E-state index in [1.165, 1.54) is 6.26 Å². The number of benzene rings is 2. The van der Waals surface area contributed by atoms with E-state index in [0.717, 1.165) is 11.1 Å². The molecule has 3 aromatic rings. The summed E-state index contributed by atoms with van der Waals surface area (Å²) in [6, 6.07) is 16.2. The van der Waals surface area contributed by atoms with Crippen LogP contribution >= 0.6 is 23.2 Å². The Morgan fingerprint density at radius 3 is 2.59 bits per heavy atom. The number of halogens is 2. The number of hydrogen-bond acceptors (Lipinski definition) is 3. The van der Waals surface area contributed by atoms with Crippen molar-refractivity contribution in [1.82, 2.24) is 10.6 Å². The molecule has 0 aliphatic heterocycles. The summed E-state index contributed by atoms with van der Waals surface area (Å²) in [5.74, 6) is 0.595. The van der Waals surface area contributed by atoms with Crippen molar-refractivity contribution in [1.29, 1.82) is 0 Å². The van der Waals surface area contributed by atoms with Crippen LogP contribution in [-0.2, 0) is 13.1 Å². The van der Waals surface area contributed by atoms with Crippen molar-refractivity contribution >= 4 is 40.8 Å². The molecule has 6 nitrogen and oxygen atoms in total. The molecule has 0 spiro atoms. The SMILES string of the molecule is CN=C(NCc1cccc(NC(=O)c2ccco2)c1)NCc1ccc(Cl)cc1Cl. The zero-order valence-electron chi connectivity index (χ0n) is 15.7. The Kier molecular flexibility index (Phi) is 7.16. The largest absolute Gasteiger partial charge is 0.459 e. The van der Waals surface area contributed by atoms with Gasteiger partial charge in [0.25, 0.3) is 5.91 Å². The minimum atomic E-state index is -0.294. The molecule has 1 amide bonds. The minimum Gasteiger partial charge on any atom is -0.459 e. The fraction of sp³-hybridized carbons (Fsp3) is 0.143. The van der Waals surface area contributed by atoms with Gasteiger partial charge in [-0.15, -0.1) is 0 Å². The summed E-state index contributed by atoms with van der Waals surface area (Å²) < 4.78 is 5.10. The first-order valence-corrected chi connectivity index (χ1v) is 9.63. The van der Waals surface area contributed by atoms with Crippen LogP contribution in [0.5, 0.6) is 0 Å². The normalized spacial score (nSPS) is 11.2. The highest BCUT2D eigenvalue weighted by Crippen LogP contribution is 2.20. The summed E-state index contributed by atoms with van der Waals surface area (Å²) in [6.45, 7) is 1.04. The Labute approximate surface area is 178 Å². The third kappa shape index (κ3) is 6.01. The van der Waals surface area contributed by atoms with Gasteiger partial charge in [-0.3, -0.25) is 9.79 Å². The van der Waals surface area contributed by atoms with Crippen molar-refractivity contribution in [3.8, 4) is 0 Å². The standard InChI is InChI=1S/C21H20Cl2N4O2/c1-24-21(26-13-15-7-8-16(22)11-18(15)23)25-12-14-4-2-5-17(10-14)27-20(28)19-6-3-9-29-19/h2-11H,12-13H2,1H3,(H,27,28)(H2,24,25,26). The van der Waals surface area contributed by atoms with Crippen LogP contribution < -0.4 is 16.0 Å². The Balaban J connectivity index is 1.54. The first kappa shape index (κ1) is 20.8. The lowest BCUT2D eigenvalue weighted by Crippen LogP contribution is -2.36. The average Bonchev–Trinajstić information content (AvgIpc) is 3.25. The summed E-state index contributed by atoms with van der Waals surface area (Å²) >= 11 is 12.1. The van der Waals surface area contributed by atoms with Crippen LogP contribution in [0.1, 0.15) is 21.7 Å². The molecule has 150 valence electrons. The summed E-state index contributed by atoms with van der Waals surface area (Å²) in [5, 5.41) is 10.5. The van der Waals surface area contributed by atoms with E-state index >= 15 is 0 Å². The molecule has 0 unspecified atom stereocenters. The maximum absolute atomic E-state index is 12.1. The van der Waals surface area contributed by atoms with E-state index in [1.54, 1.807) is 31.3 Å².